The molecular formula is C16H17Cl2N3O2. The van der Waals surface area contributed by atoms with Crippen LogP contribution in [0.1, 0.15) is 42.7 Å². The van der Waals surface area contributed by atoms with Crippen molar-refractivity contribution < 1.29 is 9.15 Å². The number of halogens is 2. The van der Waals surface area contributed by atoms with E-state index in [1.54, 1.807) is 6.07 Å². The first-order valence-corrected chi connectivity index (χ1v) is 8.61. The summed E-state index contributed by atoms with van der Waals surface area (Å²) in [6, 6.07) is 6.17. The van der Waals surface area contributed by atoms with Gasteiger partial charge in [0.05, 0.1) is 23.2 Å². The van der Waals surface area contributed by atoms with E-state index in [-0.39, 0.29) is 6.10 Å². The summed E-state index contributed by atoms with van der Waals surface area (Å²) in [4.78, 5) is 2.08. The number of hydrogen-bond acceptors (Lipinski definition) is 5. The maximum Gasteiger partial charge on any atom is 0.318 e. The van der Waals surface area contributed by atoms with Gasteiger partial charge >= 0.3 is 6.01 Å². The molecule has 0 radical (unpaired) electrons. The quantitative estimate of drug-likeness (QED) is 0.826. The lowest BCUT2D eigenvalue weighted by molar-refractivity contribution is 0.0379. The van der Waals surface area contributed by atoms with Crippen LogP contribution in [-0.2, 0) is 4.74 Å². The van der Waals surface area contributed by atoms with Crippen LogP contribution in [0.2, 0.25) is 10.0 Å². The SMILES string of the molecule is Clc1ccc([C@H]2CN(c3nnc(C4CCC4)o3)CCO2)cc1Cl. The van der Waals surface area contributed by atoms with Gasteiger partial charge in [-0.3, -0.25) is 0 Å². The van der Waals surface area contributed by atoms with Gasteiger partial charge in [-0.25, -0.2) is 0 Å². The molecule has 2 fully saturated rings. The summed E-state index contributed by atoms with van der Waals surface area (Å²) in [7, 11) is 0. The van der Waals surface area contributed by atoms with Crippen LogP contribution in [-0.4, -0.2) is 29.9 Å². The molecule has 5 nitrogen and oxygen atoms in total. The van der Waals surface area contributed by atoms with Gasteiger partial charge in [0.1, 0.15) is 6.10 Å². The van der Waals surface area contributed by atoms with Gasteiger partial charge in [-0.15, -0.1) is 5.10 Å². The van der Waals surface area contributed by atoms with E-state index < -0.39 is 0 Å². The Morgan fingerprint density at radius 2 is 2.00 bits per heavy atom. The number of rotatable bonds is 3. The van der Waals surface area contributed by atoms with E-state index in [1.807, 2.05) is 12.1 Å². The molecule has 2 aliphatic rings. The molecule has 1 atom stereocenters. The smallest absolute Gasteiger partial charge is 0.318 e. The predicted octanol–water partition coefficient (Wildman–Crippen LogP) is 4.22. The van der Waals surface area contributed by atoms with Crippen LogP contribution in [0, 0.1) is 0 Å². The Kier molecular flexibility index (Phi) is 4.18. The number of hydrogen-bond donors (Lipinski definition) is 0. The molecule has 1 saturated heterocycles. The fourth-order valence-corrected chi connectivity index (χ4v) is 3.22. The highest BCUT2D eigenvalue weighted by atomic mass is 35.5. The van der Waals surface area contributed by atoms with Crippen molar-refractivity contribution in [2.45, 2.75) is 31.3 Å². The Morgan fingerprint density at radius 1 is 1.13 bits per heavy atom. The summed E-state index contributed by atoms with van der Waals surface area (Å²) < 4.78 is 11.7. The van der Waals surface area contributed by atoms with Crippen LogP contribution in [0.5, 0.6) is 0 Å². The minimum Gasteiger partial charge on any atom is -0.408 e. The van der Waals surface area contributed by atoms with Crippen LogP contribution in [0.4, 0.5) is 6.01 Å². The van der Waals surface area contributed by atoms with Crippen LogP contribution in [0.25, 0.3) is 0 Å². The molecule has 1 aromatic heterocycles. The Hall–Kier alpha value is -1.30. The predicted molar refractivity (Wildman–Crippen MR) is 88.3 cm³/mol. The number of ether oxygens (including phenoxy) is 1. The second-order valence-electron chi connectivity index (χ2n) is 6.03. The van der Waals surface area contributed by atoms with Crippen molar-refractivity contribution in [3.63, 3.8) is 0 Å². The first-order valence-electron chi connectivity index (χ1n) is 7.85. The first-order chi connectivity index (χ1) is 11.2. The fraction of sp³-hybridized carbons (Fsp3) is 0.500. The van der Waals surface area contributed by atoms with Crippen LogP contribution in [0.3, 0.4) is 0 Å². The molecule has 0 spiro atoms. The van der Waals surface area contributed by atoms with E-state index in [4.69, 9.17) is 32.4 Å². The number of aromatic nitrogens is 2. The van der Waals surface area contributed by atoms with Crippen molar-refractivity contribution >= 4 is 29.2 Å². The van der Waals surface area contributed by atoms with E-state index in [0.29, 0.717) is 35.1 Å². The number of morpholine rings is 1. The lowest BCUT2D eigenvalue weighted by Crippen LogP contribution is -2.38. The van der Waals surface area contributed by atoms with Crippen LogP contribution in [0.15, 0.2) is 22.6 Å². The van der Waals surface area contributed by atoms with Crippen LogP contribution >= 0.6 is 23.2 Å². The van der Waals surface area contributed by atoms with E-state index >= 15 is 0 Å². The third kappa shape index (κ3) is 3.05. The zero-order valence-electron chi connectivity index (χ0n) is 12.5. The van der Waals surface area contributed by atoms with Crippen molar-refractivity contribution in [1.82, 2.24) is 10.2 Å². The maximum atomic E-state index is 6.11. The van der Waals surface area contributed by atoms with E-state index in [9.17, 15) is 0 Å². The Morgan fingerprint density at radius 3 is 2.74 bits per heavy atom. The summed E-state index contributed by atoms with van der Waals surface area (Å²) in [6.45, 7) is 2.00. The van der Waals surface area contributed by atoms with Gasteiger partial charge < -0.3 is 14.1 Å². The molecule has 23 heavy (non-hydrogen) atoms. The average molecular weight is 354 g/mol. The number of benzene rings is 1. The lowest BCUT2D eigenvalue weighted by Gasteiger charge is -2.32. The highest BCUT2D eigenvalue weighted by Gasteiger charge is 2.29. The molecule has 0 unspecified atom stereocenters. The maximum absolute atomic E-state index is 6.11. The fourth-order valence-electron chi connectivity index (χ4n) is 2.91. The highest BCUT2D eigenvalue weighted by molar-refractivity contribution is 6.42. The van der Waals surface area contributed by atoms with Gasteiger partial charge in [0.15, 0.2) is 0 Å². The zero-order chi connectivity index (χ0) is 15.8. The van der Waals surface area contributed by atoms with Crippen LogP contribution < -0.4 is 4.90 Å². The van der Waals surface area contributed by atoms with Crippen molar-refractivity contribution in [3.05, 3.63) is 39.7 Å². The number of anilines is 1. The molecule has 1 aromatic carbocycles. The van der Waals surface area contributed by atoms with Gasteiger partial charge in [-0.05, 0) is 30.5 Å². The monoisotopic (exact) mass is 353 g/mol. The Bertz CT molecular complexity index is 702. The molecule has 7 heteroatoms. The molecule has 2 aromatic rings. The molecule has 0 amide bonds. The van der Waals surface area contributed by atoms with E-state index in [1.165, 1.54) is 6.42 Å². The molecule has 2 heterocycles. The normalized spacial score (nSPS) is 22.2. The van der Waals surface area contributed by atoms with Gasteiger partial charge in [0, 0.05) is 12.5 Å². The van der Waals surface area contributed by atoms with Crippen molar-refractivity contribution in [1.29, 1.82) is 0 Å². The van der Waals surface area contributed by atoms with Crippen molar-refractivity contribution in [2.24, 2.45) is 0 Å². The highest BCUT2D eigenvalue weighted by Crippen LogP contribution is 2.37. The first kappa shape index (κ1) is 15.2. The minimum absolute atomic E-state index is 0.0856. The van der Waals surface area contributed by atoms with Gasteiger partial charge in [0.2, 0.25) is 5.89 Å². The number of nitrogens with zero attached hydrogens (tertiary/aromatic N) is 3. The largest absolute Gasteiger partial charge is 0.408 e. The lowest BCUT2D eigenvalue weighted by atomic mass is 9.85. The summed E-state index contributed by atoms with van der Waals surface area (Å²) in [5.74, 6) is 1.21. The average Bonchev–Trinajstić information content (AvgIpc) is 2.98. The van der Waals surface area contributed by atoms with E-state index in [0.717, 1.165) is 30.8 Å². The van der Waals surface area contributed by atoms with Crippen molar-refractivity contribution in [2.75, 3.05) is 24.6 Å². The van der Waals surface area contributed by atoms with E-state index in [2.05, 4.69) is 15.1 Å². The third-order valence-electron chi connectivity index (χ3n) is 4.54. The third-order valence-corrected chi connectivity index (χ3v) is 5.28. The second kappa shape index (κ2) is 6.30. The zero-order valence-corrected chi connectivity index (χ0v) is 14.1. The summed E-state index contributed by atoms with van der Waals surface area (Å²) >= 11 is 12.1. The minimum atomic E-state index is -0.0856. The molecule has 0 N–H and O–H groups in total. The molecule has 1 aliphatic heterocycles. The molecular weight excluding hydrogens is 337 g/mol. The summed E-state index contributed by atoms with van der Waals surface area (Å²) in [5.41, 5.74) is 1.00. The van der Waals surface area contributed by atoms with Gasteiger partial charge in [-0.1, -0.05) is 40.8 Å². The molecule has 1 saturated carbocycles. The standard InChI is InChI=1S/C16H17Cl2N3O2/c17-12-5-4-11(8-13(12)18)14-9-21(6-7-22-14)16-20-19-15(23-16)10-2-1-3-10/h4-5,8,10,14H,1-3,6-7,9H2/t14-/m1/s1. The topological polar surface area (TPSA) is 51.4 Å². The summed E-state index contributed by atoms with van der Waals surface area (Å²) in [6.07, 6.45) is 3.46. The molecule has 122 valence electrons. The summed E-state index contributed by atoms with van der Waals surface area (Å²) in [5, 5.41) is 9.49. The molecule has 1 aliphatic carbocycles. The second-order valence-corrected chi connectivity index (χ2v) is 6.84. The van der Waals surface area contributed by atoms with Gasteiger partial charge in [0.25, 0.3) is 0 Å². The molecule has 0 bridgehead atoms. The Labute approximate surface area is 144 Å². The molecule has 4 rings (SSSR count). The van der Waals surface area contributed by atoms with Gasteiger partial charge in [-0.2, -0.15) is 0 Å². The van der Waals surface area contributed by atoms with Crippen molar-refractivity contribution in [3.8, 4) is 0 Å². The Balaban J connectivity index is 1.49.